The Labute approximate surface area is 172 Å². The minimum Gasteiger partial charge on any atom is -0.493 e. The number of ether oxygens (including phenoxy) is 3. The molecule has 0 saturated carbocycles. The van der Waals surface area contributed by atoms with Gasteiger partial charge in [0.1, 0.15) is 6.61 Å². The zero-order valence-corrected chi connectivity index (χ0v) is 17.3. The van der Waals surface area contributed by atoms with Gasteiger partial charge in [-0.05, 0) is 45.3 Å². The fraction of sp³-hybridized carbons (Fsp3) is 0.238. The lowest BCUT2D eigenvalue weighted by Gasteiger charge is -2.13. The Hall–Kier alpha value is -2.80. The van der Waals surface area contributed by atoms with Gasteiger partial charge in [-0.25, -0.2) is 0 Å². The summed E-state index contributed by atoms with van der Waals surface area (Å²) in [5.41, 5.74) is 1.81. The number of halogens is 1. The van der Waals surface area contributed by atoms with Crippen LogP contribution in [0.15, 0.2) is 53.0 Å². The van der Waals surface area contributed by atoms with Gasteiger partial charge < -0.3 is 19.5 Å². The molecule has 2 rings (SSSR count). The van der Waals surface area contributed by atoms with Gasteiger partial charge in [-0.3, -0.25) is 9.59 Å². The van der Waals surface area contributed by atoms with Crippen LogP contribution in [0.3, 0.4) is 0 Å². The van der Waals surface area contributed by atoms with E-state index in [9.17, 15) is 9.59 Å². The van der Waals surface area contributed by atoms with Gasteiger partial charge in [-0.2, -0.15) is 0 Å². The van der Waals surface area contributed by atoms with Crippen molar-refractivity contribution in [1.82, 2.24) is 5.32 Å². The molecule has 0 aliphatic heterocycles. The molecule has 0 saturated heterocycles. The summed E-state index contributed by atoms with van der Waals surface area (Å²) >= 11 is 3.49. The van der Waals surface area contributed by atoms with Crippen molar-refractivity contribution < 1.29 is 23.8 Å². The van der Waals surface area contributed by atoms with Crippen molar-refractivity contribution in [3.8, 4) is 11.5 Å². The van der Waals surface area contributed by atoms with E-state index in [1.807, 2.05) is 36.4 Å². The van der Waals surface area contributed by atoms with Crippen LogP contribution in [0.4, 0.5) is 0 Å². The molecule has 2 aromatic carbocycles. The van der Waals surface area contributed by atoms with Gasteiger partial charge in [-0.15, -0.1) is 0 Å². The molecule has 0 spiro atoms. The number of carbonyl (C=O) groups is 2. The number of hydrogen-bond donors (Lipinski definition) is 1. The van der Waals surface area contributed by atoms with Crippen LogP contribution < -0.4 is 14.8 Å². The smallest absolute Gasteiger partial charge is 0.307 e. The molecule has 7 heteroatoms. The summed E-state index contributed by atoms with van der Waals surface area (Å²) in [7, 11) is 2.87. The molecular weight excluding hydrogens is 426 g/mol. The van der Waals surface area contributed by atoms with Crippen LogP contribution in [0.5, 0.6) is 11.5 Å². The summed E-state index contributed by atoms with van der Waals surface area (Å²) in [6.07, 6.45) is 3.17. The number of benzene rings is 2. The lowest BCUT2D eigenvalue weighted by molar-refractivity contribution is -0.140. The van der Waals surface area contributed by atoms with E-state index in [2.05, 4.69) is 26.0 Å². The van der Waals surface area contributed by atoms with Crippen LogP contribution in [-0.2, 0) is 20.9 Å². The minimum atomic E-state index is -0.371. The predicted octanol–water partition coefficient (Wildman–Crippen LogP) is 3.73. The second-order valence-corrected chi connectivity index (χ2v) is 6.61. The summed E-state index contributed by atoms with van der Waals surface area (Å²) in [4.78, 5) is 22.9. The molecule has 0 fully saturated rings. The first-order valence-corrected chi connectivity index (χ1v) is 9.39. The summed E-state index contributed by atoms with van der Waals surface area (Å²) < 4.78 is 16.6. The van der Waals surface area contributed by atoms with Crippen molar-refractivity contribution in [3.05, 3.63) is 64.1 Å². The fourth-order valence-electron chi connectivity index (χ4n) is 2.33. The molecule has 2 aromatic rings. The number of esters is 1. The van der Waals surface area contributed by atoms with Crippen LogP contribution >= 0.6 is 15.9 Å². The molecule has 0 unspecified atom stereocenters. The average molecular weight is 448 g/mol. The van der Waals surface area contributed by atoms with Gasteiger partial charge in [-0.1, -0.05) is 30.3 Å². The predicted molar refractivity (Wildman–Crippen MR) is 110 cm³/mol. The van der Waals surface area contributed by atoms with Gasteiger partial charge in [0.25, 0.3) is 0 Å². The molecule has 1 amide bonds. The molecule has 0 bridgehead atoms. The number of hydrogen-bond acceptors (Lipinski definition) is 5. The minimum absolute atomic E-state index is 0.128. The Morgan fingerprint density at radius 1 is 1.14 bits per heavy atom. The highest BCUT2D eigenvalue weighted by atomic mass is 79.9. The number of nitrogens with one attached hydrogen (secondary N) is 1. The van der Waals surface area contributed by atoms with E-state index in [-0.39, 0.29) is 24.8 Å². The zero-order chi connectivity index (χ0) is 20.4. The largest absolute Gasteiger partial charge is 0.493 e. The van der Waals surface area contributed by atoms with Crippen LogP contribution in [0.25, 0.3) is 6.08 Å². The van der Waals surface area contributed by atoms with Crippen molar-refractivity contribution in [2.75, 3.05) is 20.8 Å². The maximum absolute atomic E-state index is 11.8. The molecule has 0 atom stereocenters. The molecule has 0 aromatic heterocycles. The SMILES string of the molecule is COC(=O)CCNC(=O)/C=C/c1cc(Br)c(OCc2ccccc2)c(OC)c1. The number of carbonyl (C=O) groups excluding carboxylic acids is 2. The Balaban J connectivity index is 2.01. The first-order valence-electron chi connectivity index (χ1n) is 8.60. The Bertz CT molecular complexity index is 836. The van der Waals surface area contributed by atoms with Gasteiger partial charge in [0.15, 0.2) is 11.5 Å². The van der Waals surface area contributed by atoms with Crippen LogP contribution in [0.1, 0.15) is 17.5 Å². The van der Waals surface area contributed by atoms with Crippen molar-refractivity contribution in [3.63, 3.8) is 0 Å². The van der Waals surface area contributed by atoms with Crippen molar-refractivity contribution >= 4 is 33.9 Å². The third-order valence-electron chi connectivity index (χ3n) is 3.76. The van der Waals surface area contributed by atoms with Crippen LogP contribution in [0.2, 0.25) is 0 Å². The molecular formula is C21H22BrNO5. The number of rotatable bonds is 9. The number of amides is 1. The van der Waals surface area contributed by atoms with E-state index in [1.165, 1.54) is 13.2 Å². The van der Waals surface area contributed by atoms with Crippen LogP contribution in [0, 0.1) is 0 Å². The van der Waals surface area contributed by atoms with E-state index in [0.717, 1.165) is 11.1 Å². The summed E-state index contributed by atoms with van der Waals surface area (Å²) in [5.74, 6) is 0.467. The lowest BCUT2D eigenvalue weighted by Crippen LogP contribution is -2.24. The summed E-state index contributed by atoms with van der Waals surface area (Å²) in [6.45, 7) is 0.628. The summed E-state index contributed by atoms with van der Waals surface area (Å²) in [6, 6.07) is 13.4. The Kier molecular flexibility index (Phi) is 8.55. The quantitative estimate of drug-likeness (QED) is 0.468. The van der Waals surface area contributed by atoms with Gasteiger partial charge in [0, 0.05) is 12.6 Å². The maximum Gasteiger partial charge on any atom is 0.307 e. The lowest BCUT2D eigenvalue weighted by atomic mass is 10.2. The van der Waals surface area contributed by atoms with Crippen molar-refractivity contribution in [1.29, 1.82) is 0 Å². The molecule has 0 radical (unpaired) electrons. The maximum atomic E-state index is 11.8. The molecule has 6 nitrogen and oxygen atoms in total. The third kappa shape index (κ3) is 6.74. The van der Waals surface area contributed by atoms with E-state index < -0.39 is 0 Å². The Morgan fingerprint density at radius 2 is 1.89 bits per heavy atom. The normalized spacial score (nSPS) is 10.5. The molecule has 0 heterocycles. The second-order valence-electron chi connectivity index (χ2n) is 5.76. The van der Waals surface area contributed by atoms with Crippen molar-refractivity contribution in [2.45, 2.75) is 13.0 Å². The zero-order valence-electron chi connectivity index (χ0n) is 15.7. The number of methoxy groups -OCH3 is 2. The van der Waals surface area contributed by atoms with Crippen LogP contribution in [-0.4, -0.2) is 32.6 Å². The van der Waals surface area contributed by atoms with Gasteiger partial charge >= 0.3 is 5.97 Å². The highest BCUT2D eigenvalue weighted by molar-refractivity contribution is 9.10. The second kappa shape index (κ2) is 11.1. The molecule has 148 valence electrons. The first kappa shape index (κ1) is 21.5. The summed E-state index contributed by atoms with van der Waals surface area (Å²) in [5, 5.41) is 2.62. The van der Waals surface area contributed by atoms with Gasteiger partial charge in [0.05, 0.1) is 25.1 Å². The first-order chi connectivity index (χ1) is 13.5. The highest BCUT2D eigenvalue weighted by Crippen LogP contribution is 2.37. The van der Waals surface area contributed by atoms with E-state index in [0.29, 0.717) is 22.6 Å². The topological polar surface area (TPSA) is 73.9 Å². The standard InChI is InChI=1S/C21H22BrNO5/c1-26-18-13-16(8-9-19(24)23-11-10-20(25)27-2)12-17(22)21(18)28-14-15-6-4-3-5-7-15/h3-9,12-13H,10-11,14H2,1-2H3,(H,23,24)/b9-8+. The molecule has 0 aliphatic rings. The van der Waals surface area contributed by atoms with E-state index in [1.54, 1.807) is 19.3 Å². The van der Waals surface area contributed by atoms with Crippen molar-refractivity contribution in [2.24, 2.45) is 0 Å². The molecule has 0 aliphatic carbocycles. The molecule has 28 heavy (non-hydrogen) atoms. The monoisotopic (exact) mass is 447 g/mol. The van der Waals surface area contributed by atoms with E-state index >= 15 is 0 Å². The van der Waals surface area contributed by atoms with Gasteiger partial charge in [0.2, 0.25) is 5.91 Å². The average Bonchev–Trinajstić information content (AvgIpc) is 2.71. The van der Waals surface area contributed by atoms with E-state index in [4.69, 9.17) is 9.47 Å². The Morgan fingerprint density at radius 3 is 2.57 bits per heavy atom. The molecule has 1 N–H and O–H groups in total. The highest BCUT2D eigenvalue weighted by Gasteiger charge is 2.11. The third-order valence-corrected chi connectivity index (χ3v) is 4.35. The fourth-order valence-corrected chi connectivity index (χ4v) is 2.90.